The van der Waals surface area contributed by atoms with Crippen LogP contribution in [0, 0.1) is 0 Å². The number of H-pyrrole nitrogens is 1. The summed E-state index contributed by atoms with van der Waals surface area (Å²) < 4.78 is 0.975. The molecule has 0 bridgehead atoms. The van der Waals surface area contributed by atoms with Gasteiger partial charge in [0.1, 0.15) is 5.69 Å². The van der Waals surface area contributed by atoms with Crippen LogP contribution in [0.25, 0.3) is 0 Å². The Kier molecular flexibility index (Phi) is 4.95. The van der Waals surface area contributed by atoms with E-state index in [0.29, 0.717) is 18.5 Å². The molecule has 1 aromatic carbocycles. The molecule has 1 aromatic heterocycles. The maximum Gasteiger partial charge on any atom is 0.286 e. The summed E-state index contributed by atoms with van der Waals surface area (Å²) in [6.45, 7) is 0. The standard InChI is InChI=1S/C14H14BrN3O2/c15-11-5-2-1-4-10(11)7-8-13(19)17-18-14(20)12-6-3-9-16-12/h1-6,9,16H,7-8H2,(H,17,19)(H,18,20). The van der Waals surface area contributed by atoms with Crippen molar-refractivity contribution in [3.63, 3.8) is 0 Å². The number of carbonyl (C=O) groups excluding carboxylic acids is 2. The summed E-state index contributed by atoms with van der Waals surface area (Å²) in [6, 6.07) is 11.1. The first-order valence-electron chi connectivity index (χ1n) is 6.13. The molecule has 0 unspecified atom stereocenters. The van der Waals surface area contributed by atoms with Crippen LogP contribution in [0.2, 0.25) is 0 Å². The van der Waals surface area contributed by atoms with Gasteiger partial charge in [0.15, 0.2) is 0 Å². The highest BCUT2D eigenvalue weighted by Gasteiger charge is 2.08. The van der Waals surface area contributed by atoms with Gasteiger partial charge >= 0.3 is 0 Å². The maximum absolute atomic E-state index is 11.7. The van der Waals surface area contributed by atoms with Crippen LogP contribution in [0.1, 0.15) is 22.5 Å². The number of aromatic nitrogens is 1. The lowest BCUT2D eigenvalue weighted by Gasteiger charge is -2.07. The van der Waals surface area contributed by atoms with E-state index >= 15 is 0 Å². The van der Waals surface area contributed by atoms with Crippen LogP contribution in [-0.4, -0.2) is 16.8 Å². The summed E-state index contributed by atoms with van der Waals surface area (Å²) in [5, 5.41) is 0. The Hall–Kier alpha value is -2.08. The van der Waals surface area contributed by atoms with Gasteiger partial charge in [-0.2, -0.15) is 0 Å². The molecule has 0 atom stereocenters. The highest BCUT2D eigenvalue weighted by molar-refractivity contribution is 9.10. The van der Waals surface area contributed by atoms with Crippen molar-refractivity contribution in [1.82, 2.24) is 15.8 Å². The molecule has 0 fully saturated rings. The largest absolute Gasteiger partial charge is 0.357 e. The lowest BCUT2D eigenvalue weighted by molar-refractivity contribution is -0.121. The Labute approximate surface area is 124 Å². The van der Waals surface area contributed by atoms with Crippen LogP contribution in [0.4, 0.5) is 0 Å². The van der Waals surface area contributed by atoms with Crippen molar-refractivity contribution in [3.05, 3.63) is 58.3 Å². The van der Waals surface area contributed by atoms with Crippen molar-refractivity contribution in [2.24, 2.45) is 0 Å². The Bertz CT molecular complexity index is 596. The van der Waals surface area contributed by atoms with Crippen LogP contribution in [0.15, 0.2) is 47.1 Å². The number of aryl methyl sites for hydroxylation is 1. The number of hydrazine groups is 1. The predicted molar refractivity (Wildman–Crippen MR) is 78.9 cm³/mol. The Morgan fingerprint density at radius 2 is 1.90 bits per heavy atom. The summed E-state index contributed by atoms with van der Waals surface area (Å²) in [5.41, 5.74) is 6.19. The van der Waals surface area contributed by atoms with Gasteiger partial charge in [0, 0.05) is 17.1 Å². The van der Waals surface area contributed by atoms with Gasteiger partial charge in [-0.1, -0.05) is 34.1 Å². The molecule has 20 heavy (non-hydrogen) atoms. The molecule has 0 aliphatic carbocycles. The van der Waals surface area contributed by atoms with Gasteiger partial charge in [-0.3, -0.25) is 20.4 Å². The molecule has 1 heterocycles. The van der Waals surface area contributed by atoms with E-state index in [9.17, 15) is 9.59 Å². The second-order valence-electron chi connectivity index (χ2n) is 4.18. The number of halogens is 1. The molecule has 104 valence electrons. The highest BCUT2D eigenvalue weighted by Crippen LogP contribution is 2.17. The minimum absolute atomic E-state index is 0.236. The Morgan fingerprint density at radius 3 is 2.60 bits per heavy atom. The normalized spacial score (nSPS) is 10.1. The van der Waals surface area contributed by atoms with E-state index in [4.69, 9.17) is 0 Å². The molecule has 0 saturated heterocycles. The number of carbonyl (C=O) groups is 2. The molecule has 2 rings (SSSR count). The van der Waals surface area contributed by atoms with E-state index in [1.54, 1.807) is 18.3 Å². The van der Waals surface area contributed by atoms with Crippen LogP contribution < -0.4 is 10.9 Å². The summed E-state index contributed by atoms with van der Waals surface area (Å²) in [4.78, 5) is 26.0. The molecule has 6 heteroatoms. The molecule has 0 aliphatic heterocycles. The average Bonchev–Trinajstić information content (AvgIpc) is 2.98. The molecule has 2 amide bonds. The molecule has 0 spiro atoms. The molecule has 5 nitrogen and oxygen atoms in total. The minimum Gasteiger partial charge on any atom is -0.357 e. The van der Waals surface area contributed by atoms with Crippen LogP contribution in [0.5, 0.6) is 0 Å². The van der Waals surface area contributed by atoms with Gasteiger partial charge in [0.05, 0.1) is 0 Å². The Balaban J connectivity index is 1.76. The maximum atomic E-state index is 11.7. The third-order valence-corrected chi connectivity index (χ3v) is 3.51. The molecular formula is C14H14BrN3O2. The third kappa shape index (κ3) is 3.96. The van der Waals surface area contributed by atoms with Crippen molar-refractivity contribution in [2.75, 3.05) is 0 Å². The first-order chi connectivity index (χ1) is 9.66. The fourth-order valence-electron chi connectivity index (χ4n) is 1.68. The number of benzene rings is 1. The van der Waals surface area contributed by atoms with E-state index < -0.39 is 0 Å². The minimum atomic E-state index is -0.371. The fourth-order valence-corrected chi connectivity index (χ4v) is 2.16. The van der Waals surface area contributed by atoms with Gasteiger partial charge in [-0.25, -0.2) is 0 Å². The van der Waals surface area contributed by atoms with E-state index in [1.807, 2.05) is 24.3 Å². The highest BCUT2D eigenvalue weighted by atomic mass is 79.9. The number of rotatable bonds is 4. The van der Waals surface area contributed by atoms with Gasteiger partial charge in [-0.15, -0.1) is 0 Å². The lowest BCUT2D eigenvalue weighted by Crippen LogP contribution is -2.41. The van der Waals surface area contributed by atoms with Gasteiger partial charge in [0.2, 0.25) is 5.91 Å². The zero-order valence-electron chi connectivity index (χ0n) is 10.7. The van der Waals surface area contributed by atoms with Gasteiger partial charge < -0.3 is 4.98 Å². The zero-order valence-corrected chi connectivity index (χ0v) is 12.2. The van der Waals surface area contributed by atoms with E-state index in [0.717, 1.165) is 10.0 Å². The predicted octanol–water partition coefficient (Wildman–Crippen LogP) is 2.17. The smallest absolute Gasteiger partial charge is 0.286 e. The molecule has 0 saturated carbocycles. The summed E-state index contributed by atoms with van der Waals surface area (Å²) in [6.07, 6.45) is 2.54. The van der Waals surface area contributed by atoms with E-state index in [1.165, 1.54) is 0 Å². The zero-order chi connectivity index (χ0) is 14.4. The van der Waals surface area contributed by atoms with Crippen molar-refractivity contribution < 1.29 is 9.59 Å². The number of hydrogen-bond acceptors (Lipinski definition) is 2. The van der Waals surface area contributed by atoms with E-state index in [-0.39, 0.29) is 11.8 Å². The monoisotopic (exact) mass is 335 g/mol. The van der Waals surface area contributed by atoms with Gasteiger partial charge in [0.25, 0.3) is 5.91 Å². The molecule has 0 radical (unpaired) electrons. The van der Waals surface area contributed by atoms with Crippen LogP contribution in [-0.2, 0) is 11.2 Å². The van der Waals surface area contributed by atoms with Crippen LogP contribution in [0.3, 0.4) is 0 Å². The Morgan fingerprint density at radius 1 is 1.10 bits per heavy atom. The van der Waals surface area contributed by atoms with Gasteiger partial charge in [-0.05, 0) is 30.2 Å². The SMILES string of the molecule is O=C(CCc1ccccc1Br)NNC(=O)c1ccc[nH]1. The lowest BCUT2D eigenvalue weighted by atomic mass is 10.1. The second-order valence-corrected chi connectivity index (χ2v) is 5.03. The second kappa shape index (κ2) is 6.91. The fraction of sp³-hybridized carbons (Fsp3) is 0.143. The average molecular weight is 336 g/mol. The molecule has 3 N–H and O–H groups in total. The number of nitrogens with one attached hydrogen (secondary N) is 3. The number of aromatic amines is 1. The van der Waals surface area contributed by atoms with Crippen molar-refractivity contribution >= 4 is 27.7 Å². The van der Waals surface area contributed by atoms with Crippen LogP contribution >= 0.6 is 15.9 Å². The number of hydrogen-bond donors (Lipinski definition) is 3. The summed E-state index contributed by atoms with van der Waals surface area (Å²) in [7, 11) is 0. The summed E-state index contributed by atoms with van der Waals surface area (Å²) >= 11 is 3.43. The first-order valence-corrected chi connectivity index (χ1v) is 6.92. The molecular weight excluding hydrogens is 322 g/mol. The summed E-state index contributed by atoms with van der Waals surface area (Å²) in [5.74, 6) is -0.607. The number of amides is 2. The topological polar surface area (TPSA) is 74.0 Å². The molecule has 0 aliphatic rings. The van der Waals surface area contributed by atoms with Crippen molar-refractivity contribution in [1.29, 1.82) is 0 Å². The third-order valence-electron chi connectivity index (χ3n) is 2.74. The van der Waals surface area contributed by atoms with Crippen molar-refractivity contribution in [3.8, 4) is 0 Å². The first kappa shape index (κ1) is 14.3. The van der Waals surface area contributed by atoms with Crippen molar-refractivity contribution in [2.45, 2.75) is 12.8 Å². The van der Waals surface area contributed by atoms with E-state index in [2.05, 4.69) is 31.8 Å². The molecule has 2 aromatic rings. The quantitative estimate of drug-likeness (QED) is 0.749.